The van der Waals surface area contributed by atoms with E-state index in [2.05, 4.69) is 24.1 Å². The van der Waals surface area contributed by atoms with Crippen LogP contribution in [0.4, 0.5) is 0 Å². The van der Waals surface area contributed by atoms with Crippen LogP contribution in [-0.4, -0.2) is 37.1 Å². The average molecular weight is 238 g/mol. The zero-order valence-electron chi connectivity index (χ0n) is 11.8. The first-order valence-electron chi connectivity index (χ1n) is 7.73. The van der Waals surface area contributed by atoms with E-state index in [1.165, 1.54) is 64.7 Å². The third-order valence-electron chi connectivity index (χ3n) is 4.52. The van der Waals surface area contributed by atoms with Gasteiger partial charge in [0, 0.05) is 19.1 Å². The number of hydrogen-bond donors (Lipinski definition) is 1. The van der Waals surface area contributed by atoms with Crippen molar-refractivity contribution in [3.63, 3.8) is 0 Å². The van der Waals surface area contributed by atoms with Crippen LogP contribution in [0.15, 0.2) is 0 Å². The highest BCUT2D eigenvalue weighted by Gasteiger charge is 2.26. The molecular weight excluding hydrogens is 208 g/mol. The second-order valence-electron chi connectivity index (χ2n) is 6.34. The predicted molar refractivity (Wildman–Crippen MR) is 74.3 cm³/mol. The predicted octanol–water partition coefficient (Wildman–Crippen LogP) is 2.89. The van der Waals surface area contributed by atoms with Gasteiger partial charge in [-0.1, -0.05) is 26.7 Å². The third-order valence-corrected chi connectivity index (χ3v) is 4.52. The SMILES string of the molecule is CCCNC1CCN(CC2CCCC(C)C2)C1. The Bertz CT molecular complexity index is 217. The summed E-state index contributed by atoms with van der Waals surface area (Å²) in [6.45, 7) is 9.87. The van der Waals surface area contributed by atoms with E-state index in [1.807, 2.05) is 0 Å². The topological polar surface area (TPSA) is 15.3 Å². The second kappa shape index (κ2) is 6.75. The lowest BCUT2D eigenvalue weighted by Gasteiger charge is -2.30. The zero-order chi connectivity index (χ0) is 12.1. The van der Waals surface area contributed by atoms with Crippen molar-refractivity contribution >= 4 is 0 Å². The highest BCUT2D eigenvalue weighted by atomic mass is 15.2. The molecule has 0 aromatic carbocycles. The van der Waals surface area contributed by atoms with Gasteiger partial charge in [0.2, 0.25) is 0 Å². The molecule has 0 aromatic rings. The highest BCUT2D eigenvalue weighted by molar-refractivity contribution is 4.83. The molecule has 2 heteroatoms. The first-order chi connectivity index (χ1) is 8.28. The molecule has 1 saturated heterocycles. The molecule has 3 unspecified atom stereocenters. The molecule has 0 spiro atoms. The summed E-state index contributed by atoms with van der Waals surface area (Å²) < 4.78 is 0. The van der Waals surface area contributed by atoms with Crippen LogP contribution in [0, 0.1) is 11.8 Å². The summed E-state index contributed by atoms with van der Waals surface area (Å²) >= 11 is 0. The molecule has 100 valence electrons. The fraction of sp³-hybridized carbons (Fsp3) is 1.00. The highest BCUT2D eigenvalue weighted by Crippen LogP contribution is 2.29. The van der Waals surface area contributed by atoms with Crippen molar-refractivity contribution in [1.29, 1.82) is 0 Å². The molecule has 2 rings (SSSR count). The Morgan fingerprint density at radius 1 is 1.24 bits per heavy atom. The minimum absolute atomic E-state index is 0.774. The summed E-state index contributed by atoms with van der Waals surface area (Å²) in [6, 6.07) is 0.774. The summed E-state index contributed by atoms with van der Waals surface area (Å²) in [5.41, 5.74) is 0. The molecule has 1 N–H and O–H groups in total. The molecular formula is C15H30N2. The Morgan fingerprint density at radius 2 is 2.12 bits per heavy atom. The van der Waals surface area contributed by atoms with Crippen molar-refractivity contribution in [1.82, 2.24) is 10.2 Å². The summed E-state index contributed by atoms with van der Waals surface area (Å²) in [5.74, 6) is 1.97. The van der Waals surface area contributed by atoms with Crippen molar-refractivity contribution in [3.05, 3.63) is 0 Å². The smallest absolute Gasteiger partial charge is 0.0207 e. The van der Waals surface area contributed by atoms with Gasteiger partial charge in [-0.2, -0.15) is 0 Å². The summed E-state index contributed by atoms with van der Waals surface area (Å²) in [5, 5.41) is 3.67. The van der Waals surface area contributed by atoms with Crippen LogP contribution >= 0.6 is 0 Å². The maximum absolute atomic E-state index is 3.67. The molecule has 0 aromatic heterocycles. The maximum atomic E-state index is 3.67. The van der Waals surface area contributed by atoms with Crippen LogP contribution in [0.1, 0.15) is 52.4 Å². The fourth-order valence-corrected chi connectivity index (χ4v) is 3.60. The summed E-state index contributed by atoms with van der Waals surface area (Å²) in [7, 11) is 0. The van der Waals surface area contributed by atoms with Gasteiger partial charge in [0.15, 0.2) is 0 Å². The van der Waals surface area contributed by atoms with E-state index in [4.69, 9.17) is 0 Å². The van der Waals surface area contributed by atoms with Gasteiger partial charge in [-0.25, -0.2) is 0 Å². The van der Waals surface area contributed by atoms with Crippen LogP contribution in [0.2, 0.25) is 0 Å². The third kappa shape index (κ3) is 4.26. The largest absolute Gasteiger partial charge is 0.313 e. The van der Waals surface area contributed by atoms with Crippen molar-refractivity contribution in [2.45, 2.75) is 58.4 Å². The molecule has 1 aliphatic carbocycles. The first-order valence-corrected chi connectivity index (χ1v) is 7.73. The van der Waals surface area contributed by atoms with E-state index < -0.39 is 0 Å². The zero-order valence-corrected chi connectivity index (χ0v) is 11.8. The van der Waals surface area contributed by atoms with Gasteiger partial charge in [-0.05, 0) is 50.6 Å². The standard InChI is InChI=1S/C15H30N2/c1-3-8-16-15-7-9-17(12-15)11-14-6-4-5-13(2)10-14/h13-16H,3-12H2,1-2H3. The molecule has 17 heavy (non-hydrogen) atoms. The van der Waals surface area contributed by atoms with E-state index in [0.29, 0.717) is 0 Å². The van der Waals surface area contributed by atoms with E-state index in [0.717, 1.165) is 17.9 Å². The van der Waals surface area contributed by atoms with Gasteiger partial charge in [0.25, 0.3) is 0 Å². The lowest BCUT2D eigenvalue weighted by Crippen LogP contribution is -2.35. The quantitative estimate of drug-likeness (QED) is 0.792. The Labute approximate surface area is 107 Å². The fourth-order valence-electron chi connectivity index (χ4n) is 3.60. The second-order valence-corrected chi connectivity index (χ2v) is 6.34. The van der Waals surface area contributed by atoms with E-state index >= 15 is 0 Å². The van der Waals surface area contributed by atoms with Gasteiger partial charge in [-0.3, -0.25) is 0 Å². The number of hydrogen-bond acceptors (Lipinski definition) is 2. The molecule has 1 aliphatic heterocycles. The Morgan fingerprint density at radius 3 is 2.88 bits per heavy atom. The number of likely N-dealkylation sites (tertiary alicyclic amines) is 1. The van der Waals surface area contributed by atoms with Crippen LogP contribution in [0.25, 0.3) is 0 Å². The summed E-state index contributed by atoms with van der Waals surface area (Å²) in [6.07, 6.45) is 8.52. The number of rotatable bonds is 5. The lowest BCUT2D eigenvalue weighted by atomic mass is 9.82. The number of nitrogens with zero attached hydrogens (tertiary/aromatic N) is 1. The molecule has 0 radical (unpaired) electrons. The van der Waals surface area contributed by atoms with E-state index in [-0.39, 0.29) is 0 Å². The summed E-state index contributed by atoms with van der Waals surface area (Å²) in [4.78, 5) is 2.70. The molecule has 1 heterocycles. The molecule has 0 bridgehead atoms. The van der Waals surface area contributed by atoms with Crippen LogP contribution in [0.5, 0.6) is 0 Å². The van der Waals surface area contributed by atoms with Crippen LogP contribution < -0.4 is 5.32 Å². The van der Waals surface area contributed by atoms with Crippen molar-refractivity contribution in [2.24, 2.45) is 11.8 Å². The normalized spacial score (nSPS) is 35.3. The molecule has 2 nitrogen and oxygen atoms in total. The van der Waals surface area contributed by atoms with Crippen LogP contribution in [-0.2, 0) is 0 Å². The molecule has 2 aliphatic rings. The van der Waals surface area contributed by atoms with E-state index in [1.54, 1.807) is 0 Å². The van der Waals surface area contributed by atoms with E-state index in [9.17, 15) is 0 Å². The van der Waals surface area contributed by atoms with Gasteiger partial charge in [-0.15, -0.1) is 0 Å². The van der Waals surface area contributed by atoms with Gasteiger partial charge in [0.05, 0.1) is 0 Å². The lowest BCUT2D eigenvalue weighted by molar-refractivity contribution is 0.201. The van der Waals surface area contributed by atoms with Gasteiger partial charge >= 0.3 is 0 Å². The van der Waals surface area contributed by atoms with Crippen molar-refractivity contribution in [3.8, 4) is 0 Å². The first kappa shape index (κ1) is 13.4. The minimum Gasteiger partial charge on any atom is -0.313 e. The van der Waals surface area contributed by atoms with Gasteiger partial charge in [0.1, 0.15) is 0 Å². The van der Waals surface area contributed by atoms with Crippen LogP contribution in [0.3, 0.4) is 0 Å². The number of nitrogens with one attached hydrogen (secondary N) is 1. The molecule has 2 fully saturated rings. The van der Waals surface area contributed by atoms with Gasteiger partial charge < -0.3 is 10.2 Å². The average Bonchev–Trinajstić information content (AvgIpc) is 2.74. The molecule has 1 saturated carbocycles. The van der Waals surface area contributed by atoms with Crippen molar-refractivity contribution in [2.75, 3.05) is 26.2 Å². The van der Waals surface area contributed by atoms with Crippen molar-refractivity contribution < 1.29 is 0 Å². The Kier molecular flexibility index (Phi) is 5.30. The Balaban J connectivity index is 1.66. The Hall–Kier alpha value is -0.0800. The maximum Gasteiger partial charge on any atom is 0.0207 e. The molecule has 3 atom stereocenters. The molecule has 0 amide bonds. The minimum atomic E-state index is 0.774. The monoisotopic (exact) mass is 238 g/mol.